The van der Waals surface area contributed by atoms with Crippen LogP contribution in [-0.2, 0) is 24.4 Å². The molecule has 1 aliphatic rings. The summed E-state index contributed by atoms with van der Waals surface area (Å²) >= 11 is 0. The maximum atomic E-state index is 5.44. The number of nitrogens with zero attached hydrogens (tertiary/aromatic N) is 3. The number of aromatic nitrogens is 2. The Bertz CT molecular complexity index is 838. The van der Waals surface area contributed by atoms with E-state index in [1.165, 1.54) is 5.56 Å². The maximum Gasteiger partial charge on any atom is 0.231 e. The quantitative estimate of drug-likeness (QED) is 0.320. The van der Waals surface area contributed by atoms with E-state index in [1.54, 1.807) is 7.11 Å². The topological polar surface area (TPSA) is 81.9 Å². The first-order valence-electron chi connectivity index (χ1n) is 9.55. The van der Waals surface area contributed by atoms with Gasteiger partial charge in [-0.1, -0.05) is 6.07 Å². The zero-order valence-corrected chi connectivity index (χ0v) is 19.8. The van der Waals surface area contributed by atoms with Gasteiger partial charge in [0.05, 0.1) is 25.4 Å². The minimum Gasteiger partial charge on any atom is -0.454 e. The zero-order valence-electron chi connectivity index (χ0n) is 17.4. The highest BCUT2D eigenvalue weighted by atomic mass is 127. The van der Waals surface area contributed by atoms with Gasteiger partial charge in [0.2, 0.25) is 6.79 Å². The fourth-order valence-electron chi connectivity index (χ4n) is 3.11. The van der Waals surface area contributed by atoms with Crippen molar-refractivity contribution in [1.29, 1.82) is 0 Å². The van der Waals surface area contributed by atoms with Crippen LogP contribution in [0.4, 0.5) is 0 Å². The van der Waals surface area contributed by atoms with E-state index in [2.05, 4.69) is 29.6 Å². The molecule has 0 spiro atoms. The normalized spacial score (nSPS) is 12.6. The van der Waals surface area contributed by atoms with Gasteiger partial charge in [0, 0.05) is 31.5 Å². The van der Waals surface area contributed by atoms with Crippen molar-refractivity contribution in [3.8, 4) is 11.5 Å². The predicted octanol–water partition coefficient (Wildman–Crippen LogP) is 2.75. The smallest absolute Gasteiger partial charge is 0.231 e. The number of methoxy groups -OCH3 is 1. The Balaban J connectivity index is 0.00000300. The molecular formula is C20H30IN5O3. The van der Waals surface area contributed by atoms with Gasteiger partial charge in [0.1, 0.15) is 0 Å². The average Bonchev–Trinajstić information content (AvgIpc) is 3.26. The summed E-state index contributed by atoms with van der Waals surface area (Å²) in [6, 6.07) is 5.91. The van der Waals surface area contributed by atoms with Gasteiger partial charge in [-0.05, 0) is 38.5 Å². The lowest BCUT2D eigenvalue weighted by atomic mass is 10.2. The minimum atomic E-state index is 0. The first-order chi connectivity index (χ1) is 13.6. The van der Waals surface area contributed by atoms with Gasteiger partial charge in [-0.15, -0.1) is 24.0 Å². The van der Waals surface area contributed by atoms with Crippen LogP contribution >= 0.6 is 24.0 Å². The van der Waals surface area contributed by atoms with Crippen LogP contribution in [0.5, 0.6) is 11.5 Å². The summed E-state index contributed by atoms with van der Waals surface area (Å²) in [5.74, 6) is 2.33. The summed E-state index contributed by atoms with van der Waals surface area (Å²) in [7, 11) is 1.70. The monoisotopic (exact) mass is 515 g/mol. The Morgan fingerprint density at radius 2 is 2.03 bits per heavy atom. The van der Waals surface area contributed by atoms with Crippen LogP contribution in [0.3, 0.4) is 0 Å². The number of hydrogen-bond acceptors (Lipinski definition) is 5. The molecule has 0 aliphatic carbocycles. The molecule has 29 heavy (non-hydrogen) atoms. The second kappa shape index (κ2) is 11.2. The fourth-order valence-corrected chi connectivity index (χ4v) is 3.11. The molecular weight excluding hydrogens is 485 g/mol. The Hall–Kier alpha value is -2.01. The number of nitrogens with one attached hydrogen (secondary N) is 2. The zero-order chi connectivity index (χ0) is 19.9. The van der Waals surface area contributed by atoms with Crippen molar-refractivity contribution in [1.82, 2.24) is 20.4 Å². The standard InChI is InChI=1S/C20H29N5O3.HI/c1-5-21-20(22-11-16-6-7-18-19(10-16)28-13-27-18)23-12-17-14(2)24-25(15(17)3)8-9-26-4;/h6-7,10H,5,8-9,11-13H2,1-4H3,(H2,21,22,23);1H. The van der Waals surface area contributed by atoms with Crippen molar-refractivity contribution < 1.29 is 14.2 Å². The molecule has 1 aliphatic heterocycles. The number of fused-ring (bicyclic) bond motifs is 1. The van der Waals surface area contributed by atoms with E-state index in [0.717, 1.165) is 47.5 Å². The lowest BCUT2D eigenvalue weighted by Gasteiger charge is -2.12. The van der Waals surface area contributed by atoms with Gasteiger partial charge in [-0.2, -0.15) is 5.10 Å². The highest BCUT2D eigenvalue weighted by Gasteiger charge is 2.14. The highest BCUT2D eigenvalue weighted by Crippen LogP contribution is 2.32. The van der Waals surface area contributed by atoms with Crippen LogP contribution in [0.25, 0.3) is 0 Å². The molecule has 0 saturated carbocycles. The third kappa shape index (κ3) is 5.99. The molecule has 2 heterocycles. The van der Waals surface area contributed by atoms with E-state index in [-0.39, 0.29) is 30.8 Å². The van der Waals surface area contributed by atoms with Crippen LogP contribution in [0.2, 0.25) is 0 Å². The molecule has 0 radical (unpaired) electrons. The number of guanidine groups is 1. The van der Waals surface area contributed by atoms with Crippen molar-refractivity contribution in [3.05, 3.63) is 40.7 Å². The molecule has 0 amide bonds. The van der Waals surface area contributed by atoms with Crippen molar-refractivity contribution in [2.75, 3.05) is 27.1 Å². The van der Waals surface area contributed by atoms with Gasteiger partial charge in [-0.3, -0.25) is 4.68 Å². The summed E-state index contributed by atoms with van der Waals surface area (Å²) in [5.41, 5.74) is 4.42. The Labute approximate surface area is 189 Å². The first kappa shape index (κ1) is 23.3. The van der Waals surface area contributed by atoms with E-state index in [4.69, 9.17) is 19.2 Å². The van der Waals surface area contributed by atoms with Gasteiger partial charge in [0.25, 0.3) is 0 Å². The fraction of sp³-hybridized carbons (Fsp3) is 0.500. The molecule has 2 N–H and O–H groups in total. The average molecular weight is 515 g/mol. The lowest BCUT2D eigenvalue weighted by molar-refractivity contribution is 0.174. The van der Waals surface area contributed by atoms with E-state index < -0.39 is 0 Å². The van der Waals surface area contributed by atoms with Crippen LogP contribution < -0.4 is 20.1 Å². The van der Waals surface area contributed by atoms with E-state index >= 15 is 0 Å². The Morgan fingerprint density at radius 3 is 2.79 bits per heavy atom. The molecule has 8 nitrogen and oxygen atoms in total. The van der Waals surface area contributed by atoms with E-state index in [9.17, 15) is 0 Å². The van der Waals surface area contributed by atoms with Crippen LogP contribution in [0.15, 0.2) is 23.2 Å². The van der Waals surface area contributed by atoms with Gasteiger partial charge in [0.15, 0.2) is 17.5 Å². The van der Waals surface area contributed by atoms with Gasteiger partial charge in [-0.25, -0.2) is 4.99 Å². The molecule has 0 bridgehead atoms. The van der Waals surface area contributed by atoms with Crippen LogP contribution in [0, 0.1) is 13.8 Å². The Morgan fingerprint density at radius 1 is 1.24 bits per heavy atom. The highest BCUT2D eigenvalue weighted by molar-refractivity contribution is 14.0. The summed E-state index contributed by atoms with van der Waals surface area (Å²) in [5, 5.41) is 11.3. The molecule has 0 fully saturated rings. The number of rotatable bonds is 8. The number of halogens is 1. The minimum absolute atomic E-state index is 0. The molecule has 2 aromatic rings. The number of benzene rings is 1. The van der Waals surface area contributed by atoms with Crippen molar-refractivity contribution in [2.24, 2.45) is 4.99 Å². The SMILES string of the molecule is CCNC(=NCc1ccc2c(c1)OCO2)NCc1c(C)nn(CCOC)c1C.I. The Kier molecular flexibility index (Phi) is 9.02. The summed E-state index contributed by atoms with van der Waals surface area (Å²) in [6.45, 7) is 9.86. The molecule has 1 aromatic carbocycles. The van der Waals surface area contributed by atoms with Crippen molar-refractivity contribution >= 4 is 29.9 Å². The summed E-state index contributed by atoms with van der Waals surface area (Å²) in [4.78, 5) is 4.69. The molecule has 0 saturated heterocycles. The second-order valence-electron chi connectivity index (χ2n) is 6.60. The van der Waals surface area contributed by atoms with Crippen LogP contribution in [0.1, 0.15) is 29.4 Å². The maximum absolute atomic E-state index is 5.44. The largest absolute Gasteiger partial charge is 0.454 e. The lowest BCUT2D eigenvalue weighted by Crippen LogP contribution is -2.37. The number of aryl methyl sites for hydroxylation is 1. The molecule has 1 aromatic heterocycles. The molecule has 9 heteroatoms. The summed E-state index contributed by atoms with van der Waals surface area (Å²) < 4.78 is 17.9. The van der Waals surface area contributed by atoms with Crippen molar-refractivity contribution in [2.45, 2.75) is 40.4 Å². The van der Waals surface area contributed by atoms with E-state index in [0.29, 0.717) is 19.7 Å². The molecule has 3 rings (SSSR count). The number of ether oxygens (including phenoxy) is 3. The molecule has 160 valence electrons. The van der Waals surface area contributed by atoms with E-state index in [1.807, 2.05) is 29.8 Å². The first-order valence-corrected chi connectivity index (χ1v) is 9.55. The third-order valence-electron chi connectivity index (χ3n) is 4.67. The number of aliphatic imine (C=N–C) groups is 1. The molecule has 0 unspecified atom stereocenters. The van der Waals surface area contributed by atoms with Crippen LogP contribution in [-0.4, -0.2) is 42.8 Å². The number of hydrogen-bond donors (Lipinski definition) is 2. The predicted molar refractivity (Wildman–Crippen MR) is 123 cm³/mol. The van der Waals surface area contributed by atoms with Gasteiger partial charge >= 0.3 is 0 Å². The third-order valence-corrected chi connectivity index (χ3v) is 4.67. The molecule has 0 atom stereocenters. The second-order valence-corrected chi connectivity index (χ2v) is 6.60. The van der Waals surface area contributed by atoms with Crippen molar-refractivity contribution in [3.63, 3.8) is 0 Å². The van der Waals surface area contributed by atoms with Gasteiger partial charge < -0.3 is 24.8 Å². The summed E-state index contributed by atoms with van der Waals surface area (Å²) in [6.07, 6.45) is 0.